The number of nitrogens with zero attached hydrogens (tertiary/aromatic N) is 4. The molecule has 1 saturated heterocycles. The minimum Gasteiger partial charge on any atom is -0.313 e. The molecule has 14 heavy (non-hydrogen) atoms. The molecule has 2 N–H and O–H groups in total. The van der Waals surface area contributed by atoms with Crippen LogP contribution < -0.4 is 10.6 Å². The highest BCUT2D eigenvalue weighted by Gasteiger charge is 2.18. The Balaban J connectivity index is 0.000000845. The van der Waals surface area contributed by atoms with Gasteiger partial charge in [0, 0.05) is 26.7 Å². The van der Waals surface area contributed by atoms with E-state index in [2.05, 4.69) is 26.2 Å². The van der Waals surface area contributed by atoms with E-state index in [-0.39, 0.29) is 30.9 Å². The van der Waals surface area contributed by atoms with Gasteiger partial charge in [-0.2, -0.15) is 0 Å². The molecule has 0 saturated carbocycles. The first-order chi connectivity index (χ1) is 5.88. The Morgan fingerprint density at radius 3 is 2.64 bits per heavy atom. The van der Waals surface area contributed by atoms with Crippen LogP contribution in [0, 0.1) is 0 Å². The van der Waals surface area contributed by atoms with E-state index in [1.807, 2.05) is 7.05 Å². The van der Waals surface area contributed by atoms with Crippen LogP contribution in [0.3, 0.4) is 0 Å². The van der Waals surface area contributed by atoms with Gasteiger partial charge in [-0.05, 0) is 10.4 Å². The van der Waals surface area contributed by atoms with Crippen LogP contribution in [0.5, 0.6) is 0 Å². The summed E-state index contributed by atoms with van der Waals surface area (Å²) in [6.45, 7) is 2.88. The van der Waals surface area contributed by atoms with Crippen LogP contribution in [-0.4, -0.2) is 39.8 Å². The van der Waals surface area contributed by atoms with E-state index in [0.29, 0.717) is 0 Å². The summed E-state index contributed by atoms with van der Waals surface area (Å²) in [5.41, 5.74) is 0. The lowest BCUT2D eigenvalue weighted by Gasteiger charge is -2.22. The van der Waals surface area contributed by atoms with E-state index in [1.165, 1.54) is 0 Å². The predicted molar refractivity (Wildman–Crippen MR) is 56.9 cm³/mol. The fraction of sp³-hybridized carbons (Fsp3) is 0.833. The molecule has 6 nitrogen and oxygen atoms in total. The van der Waals surface area contributed by atoms with Crippen molar-refractivity contribution in [2.45, 2.75) is 6.04 Å². The molecule has 1 unspecified atom stereocenters. The molecular formula is C6H14Cl2N6. The number of halogens is 2. The van der Waals surface area contributed by atoms with Gasteiger partial charge in [-0.3, -0.25) is 0 Å². The Morgan fingerprint density at radius 1 is 1.36 bits per heavy atom. The number of piperazine rings is 1. The van der Waals surface area contributed by atoms with Crippen molar-refractivity contribution in [3.8, 4) is 0 Å². The molecule has 0 bridgehead atoms. The molecule has 1 aromatic heterocycles. The van der Waals surface area contributed by atoms with Crippen LogP contribution in [0.4, 0.5) is 0 Å². The summed E-state index contributed by atoms with van der Waals surface area (Å²) in [5.74, 6) is 0.891. The molecule has 2 rings (SSSR count). The summed E-state index contributed by atoms with van der Waals surface area (Å²) in [6.07, 6.45) is 0. The zero-order chi connectivity index (χ0) is 8.39. The summed E-state index contributed by atoms with van der Waals surface area (Å²) in [4.78, 5) is 0. The summed E-state index contributed by atoms with van der Waals surface area (Å²) >= 11 is 0. The monoisotopic (exact) mass is 240 g/mol. The molecule has 1 aromatic rings. The number of aryl methyl sites for hydroxylation is 1. The Kier molecular flexibility index (Phi) is 5.94. The second kappa shape index (κ2) is 6.13. The highest BCUT2D eigenvalue weighted by Crippen LogP contribution is 2.07. The maximum absolute atomic E-state index is 3.94. The summed E-state index contributed by atoms with van der Waals surface area (Å²) < 4.78 is 1.70. The standard InChI is InChI=1S/C6H12N6.2ClH/c1-12-6(9-10-11-12)5-4-7-2-3-8-5;;/h5,7-8H,2-4H2,1H3;2*1H. The molecule has 1 atom stereocenters. The van der Waals surface area contributed by atoms with Crippen molar-refractivity contribution in [1.29, 1.82) is 0 Å². The van der Waals surface area contributed by atoms with Gasteiger partial charge in [0.15, 0.2) is 5.82 Å². The molecule has 0 spiro atoms. The zero-order valence-corrected chi connectivity index (χ0v) is 9.44. The van der Waals surface area contributed by atoms with Gasteiger partial charge in [-0.1, -0.05) is 0 Å². The first-order valence-electron chi connectivity index (χ1n) is 4.04. The van der Waals surface area contributed by atoms with Crippen molar-refractivity contribution in [1.82, 2.24) is 30.8 Å². The van der Waals surface area contributed by atoms with Gasteiger partial charge in [0.1, 0.15) is 0 Å². The Hall–Kier alpha value is -0.430. The molecule has 2 heterocycles. The second-order valence-electron chi connectivity index (χ2n) is 2.87. The normalized spacial score (nSPS) is 20.8. The van der Waals surface area contributed by atoms with Crippen molar-refractivity contribution in [2.24, 2.45) is 7.05 Å². The highest BCUT2D eigenvalue weighted by molar-refractivity contribution is 5.85. The minimum atomic E-state index is 0. The third kappa shape index (κ3) is 2.78. The van der Waals surface area contributed by atoms with E-state index in [0.717, 1.165) is 25.5 Å². The van der Waals surface area contributed by atoms with E-state index in [4.69, 9.17) is 0 Å². The first-order valence-corrected chi connectivity index (χ1v) is 4.04. The van der Waals surface area contributed by atoms with Crippen molar-refractivity contribution in [3.63, 3.8) is 0 Å². The molecule has 82 valence electrons. The highest BCUT2D eigenvalue weighted by atomic mass is 35.5. The van der Waals surface area contributed by atoms with Crippen molar-refractivity contribution < 1.29 is 0 Å². The smallest absolute Gasteiger partial charge is 0.169 e. The average molecular weight is 241 g/mol. The van der Waals surface area contributed by atoms with Gasteiger partial charge in [-0.15, -0.1) is 29.9 Å². The van der Waals surface area contributed by atoms with Crippen LogP contribution in [0.2, 0.25) is 0 Å². The molecule has 0 radical (unpaired) electrons. The van der Waals surface area contributed by atoms with Crippen LogP contribution in [0.25, 0.3) is 0 Å². The van der Waals surface area contributed by atoms with Gasteiger partial charge in [0.2, 0.25) is 0 Å². The molecule has 0 aromatic carbocycles. The van der Waals surface area contributed by atoms with Crippen LogP contribution in [0.15, 0.2) is 0 Å². The van der Waals surface area contributed by atoms with Crippen molar-refractivity contribution in [3.05, 3.63) is 5.82 Å². The van der Waals surface area contributed by atoms with Gasteiger partial charge in [0.05, 0.1) is 6.04 Å². The molecule has 1 aliphatic heterocycles. The van der Waals surface area contributed by atoms with Crippen molar-refractivity contribution >= 4 is 24.8 Å². The first kappa shape index (κ1) is 13.6. The molecule has 8 heteroatoms. The SMILES string of the molecule is Cl.Cl.Cn1nnnc1C1CNCCN1. The van der Waals surface area contributed by atoms with Crippen LogP contribution in [-0.2, 0) is 7.05 Å². The number of aromatic nitrogens is 4. The van der Waals surface area contributed by atoms with E-state index in [1.54, 1.807) is 4.68 Å². The number of tetrazole rings is 1. The quantitative estimate of drug-likeness (QED) is 0.679. The predicted octanol–water partition coefficient (Wildman–Crippen LogP) is -0.712. The molecule has 0 aliphatic carbocycles. The average Bonchev–Trinajstić information content (AvgIpc) is 2.53. The lowest BCUT2D eigenvalue weighted by molar-refractivity contribution is 0.403. The van der Waals surface area contributed by atoms with Gasteiger partial charge in [0.25, 0.3) is 0 Å². The Bertz CT molecular complexity index is 259. The molecular weight excluding hydrogens is 227 g/mol. The summed E-state index contributed by atoms with van der Waals surface area (Å²) in [7, 11) is 1.85. The maximum Gasteiger partial charge on any atom is 0.169 e. The lowest BCUT2D eigenvalue weighted by atomic mass is 10.2. The Labute approximate surface area is 94.6 Å². The maximum atomic E-state index is 3.94. The Morgan fingerprint density at radius 2 is 2.14 bits per heavy atom. The fourth-order valence-electron chi connectivity index (χ4n) is 1.37. The fourth-order valence-corrected chi connectivity index (χ4v) is 1.37. The van der Waals surface area contributed by atoms with Gasteiger partial charge < -0.3 is 10.6 Å². The van der Waals surface area contributed by atoms with Crippen molar-refractivity contribution in [2.75, 3.05) is 19.6 Å². The number of nitrogens with one attached hydrogen (secondary N) is 2. The number of hydrogen-bond donors (Lipinski definition) is 2. The van der Waals surface area contributed by atoms with E-state index >= 15 is 0 Å². The largest absolute Gasteiger partial charge is 0.313 e. The van der Waals surface area contributed by atoms with Crippen LogP contribution >= 0.6 is 24.8 Å². The van der Waals surface area contributed by atoms with Crippen LogP contribution in [0.1, 0.15) is 11.9 Å². The third-order valence-electron chi connectivity index (χ3n) is 2.01. The van der Waals surface area contributed by atoms with E-state index in [9.17, 15) is 0 Å². The summed E-state index contributed by atoms with van der Waals surface area (Å²) in [5, 5.41) is 17.9. The number of hydrogen-bond acceptors (Lipinski definition) is 5. The molecule has 1 aliphatic rings. The molecule has 1 fully saturated rings. The topological polar surface area (TPSA) is 67.7 Å². The minimum absolute atomic E-state index is 0. The van der Waals surface area contributed by atoms with E-state index < -0.39 is 0 Å². The zero-order valence-electron chi connectivity index (χ0n) is 7.80. The second-order valence-corrected chi connectivity index (χ2v) is 2.87. The van der Waals surface area contributed by atoms with Gasteiger partial charge in [-0.25, -0.2) is 4.68 Å². The number of rotatable bonds is 1. The molecule has 0 amide bonds. The van der Waals surface area contributed by atoms with Gasteiger partial charge >= 0.3 is 0 Å². The lowest BCUT2D eigenvalue weighted by Crippen LogP contribution is -2.43. The summed E-state index contributed by atoms with van der Waals surface area (Å²) in [6, 6.07) is 0.249. The third-order valence-corrected chi connectivity index (χ3v) is 2.01.